The monoisotopic (exact) mass is 365 g/mol. The van der Waals surface area contributed by atoms with Gasteiger partial charge < -0.3 is 4.74 Å². The zero-order chi connectivity index (χ0) is 19.2. The minimum Gasteiger partial charge on any atom is -0.490 e. The molecule has 0 atom stereocenters. The van der Waals surface area contributed by atoms with Crippen molar-refractivity contribution in [1.82, 2.24) is 0 Å². The Kier molecular flexibility index (Phi) is 10.4. The van der Waals surface area contributed by atoms with E-state index in [1.54, 1.807) is 0 Å². The zero-order valence-electron chi connectivity index (χ0n) is 16.7. The first-order valence-corrected chi connectivity index (χ1v) is 10.4. The number of ether oxygens (including phenoxy) is 1. The van der Waals surface area contributed by atoms with E-state index in [2.05, 4.69) is 37.3 Å². The normalized spacial score (nSPS) is 11.2. The molecule has 1 radical (unpaired) electrons. The fourth-order valence-electron chi connectivity index (χ4n) is 3.29. The maximum absolute atomic E-state index is 10.9. The van der Waals surface area contributed by atoms with Crippen LogP contribution in [0.4, 0.5) is 0 Å². The van der Waals surface area contributed by atoms with Crippen molar-refractivity contribution in [2.75, 3.05) is 13.2 Å². The summed E-state index contributed by atoms with van der Waals surface area (Å²) in [5.41, 5.74) is 3.58. The second-order valence-corrected chi connectivity index (χ2v) is 7.00. The summed E-state index contributed by atoms with van der Waals surface area (Å²) in [7, 11) is 0. The quantitative estimate of drug-likeness (QED) is 0.279. The van der Waals surface area contributed by atoms with E-state index in [1.807, 2.05) is 30.3 Å². The highest BCUT2D eigenvalue weighted by atomic mass is 16.5. The van der Waals surface area contributed by atoms with E-state index in [1.165, 1.54) is 50.5 Å². The average Bonchev–Trinajstić information content (AvgIpc) is 2.71. The molecule has 2 rings (SSSR count). The average molecular weight is 366 g/mol. The molecule has 0 amide bonds. The number of unbranched alkanes of at least 4 members (excludes halogenated alkanes) is 6. The van der Waals surface area contributed by atoms with Gasteiger partial charge in [0.1, 0.15) is 19.0 Å². The second kappa shape index (κ2) is 13.2. The molecule has 0 bridgehead atoms. The highest BCUT2D eigenvalue weighted by Gasteiger charge is 2.07. The summed E-state index contributed by atoms with van der Waals surface area (Å²) in [5, 5.41) is 10.9. The Balaban J connectivity index is 2.02. The van der Waals surface area contributed by atoms with Crippen LogP contribution in [0.2, 0.25) is 0 Å². The van der Waals surface area contributed by atoms with Gasteiger partial charge in [-0.25, -0.2) is 5.11 Å². The third-order valence-corrected chi connectivity index (χ3v) is 4.79. The summed E-state index contributed by atoms with van der Waals surface area (Å²) in [6, 6.07) is 16.5. The molecule has 2 heteroatoms. The van der Waals surface area contributed by atoms with Crippen molar-refractivity contribution >= 4 is 12.2 Å². The molecule has 0 fully saturated rings. The summed E-state index contributed by atoms with van der Waals surface area (Å²) in [5.74, 6) is 0.818. The summed E-state index contributed by atoms with van der Waals surface area (Å²) < 4.78 is 5.72. The van der Waals surface area contributed by atoms with Crippen molar-refractivity contribution in [3.05, 3.63) is 65.2 Å². The smallest absolute Gasteiger partial charge is 0.126 e. The van der Waals surface area contributed by atoms with Gasteiger partial charge >= 0.3 is 0 Å². The van der Waals surface area contributed by atoms with Crippen LogP contribution in [0.25, 0.3) is 12.2 Å². The first-order valence-electron chi connectivity index (χ1n) is 10.4. The van der Waals surface area contributed by atoms with E-state index in [0.717, 1.165) is 23.3 Å². The lowest BCUT2D eigenvalue weighted by atomic mass is 9.98. The van der Waals surface area contributed by atoms with Crippen molar-refractivity contribution in [1.29, 1.82) is 0 Å². The molecule has 0 aromatic heterocycles. The lowest BCUT2D eigenvalue weighted by Gasteiger charge is -2.13. The van der Waals surface area contributed by atoms with Crippen molar-refractivity contribution in [3.8, 4) is 5.75 Å². The Bertz CT molecular complexity index is 661. The summed E-state index contributed by atoms with van der Waals surface area (Å²) in [4.78, 5) is 0. The highest BCUT2D eigenvalue weighted by molar-refractivity contribution is 5.74. The Hall–Kier alpha value is -2.06. The maximum Gasteiger partial charge on any atom is 0.126 e. The Labute approximate surface area is 164 Å². The molecule has 2 aromatic carbocycles. The van der Waals surface area contributed by atoms with Crippen LogP contribution in [0, 0.1) is 0 Å². The molecule has 27 heavy (non-hydrogen) atoms. The molecule has 0 unspecified atom stereocenters. The first-order chi connectivity index (χ1) is 13.3. The molecule has 0 aliphatic carbocycles. The van der Waals surface area contributed by atoms with E-state index in [-0.39, 0.29) is 13.2 Å². The first kappa shape index (κ1) is 21.2. The third kappa shape index (κ3) is 8.01. The van der Waals surface area contributed by atoms with Crippen LogP contribution < -0.4 is 4.74 Å². The van der Waals surface area contributed by atoms with Gasteiger partial charge in [0, 0.05) is 5.56 Å². The molecule has 0 spiro atoms. The van der Waals surface area contributed by atoms with E-state index in [4.69, 9.17) is 4.74 Å². The fourth-order valence-corrected chi connectivity index (χ4v) is 3.29. The molecular formula is C25H33O2. The standard InChI is InChI=1S/C25H33O2/c1-2-3-4-5-6-7-11-15-23-16-12-17-25(27-21-20-26)24(23)19-18-22-13-9-8-10-14-22/h8-10,12-14,16-19H,2-7,11,15,20-21H2,1H3. The molecule has 0 N–H and O–H groups in total. The van der Waals surface area contributed by atoms with E-state index in [0.29, 0.717) is 0 Å². The van der Waals surface area contributed by atoms with Crippen molar-refractivity contribution in [2.45, 2.75) is 58.3 Å². The van der Waals surface area contributed by atoms with Gasteiger partial charge in [0.05, 0.1) is 0 Å². The molecule has 0 heterocycles. The van der Waals surface area contributed by atoms with Gasteiger partial charge in [-0.2, -0.15) is 0 Å². The highest BCUT2D eigenvalue weighted by Crippen LogP contribution is 2.27. The third-order valence-electron chi connectivity index (χ3n) is 4.79. The SMILES string of the molecule is CCCCCCCCCc1cccc(OCC[O])c1C=Cc1ccccc1. The minimum atomic E-state index is -0.218. The fraction of sp³-hybridized carbons (Fsp3) is 0.440. The van der Waals surface area contributed by atoms with Gasteiger partial charge in [-0.15, -0.1) is 0 Å². The molecule has 2 nitrogen and oxygen atoms in total. The van der Waals surface area contributed by atoms with Gasteiger partial charge in [-0.05, 0) is 30.0 Å². The van der Waals surface area contributed by atoms with Crippen LogP contribution in [0.15, 0.2) is 48.5 Å². The van der Waals surface area contributed by atoms with Crippen molar-refractivity contribution in [3.63, 3.8) is 0 Å². The molecule has 0 aliphatic heterocycles. The lowest BCUT2D eigenvalue weighted by molar-refractivity contribution is 0.138. The Morgan fingerprint density at radius 2 is 1.56 bits per heavy atom. The number of rotatable bonds is 13. The van der Waals surface area contributed by atoms with Crippen molar-refractivity contribution in [2.24, 2.45) is 0 Å². The summed E-state index contributed by atoms with van der Waals surface area (Å²) in [6.45, 7) is 2.25. The van der Waals surface area contributed by atoms with Crippen molar-refractivity contribution < 1.29 is 9.84 Å². The zero-order valence-corrected chi connectivity index (χ0v) is 16.7. The minimum absolute atomic E-state index is 0.215. The predicted molar refractivity (Wildman–Crippen MR) is 115 cm³/mol. The summed E-state index contributed by atoms with van der Waals surface area (Å²) in [6.07, 6.45) is 14.5. The molecule has 0 saturated carbocycles. The predicted octanol–water partition coefficient (Wildman–Crippen LogP) is 6.96. The largest absolute Gasteiger partial charge is 0.490 e. The number of benzene rings is 2. The molecule has 2 aromatic rings. The van der Waals surface area contributed by atoms with Crippen LogP contribution in [0.3, 0.4) is 0 Å². The Morgan fingerprint density at radius 3 is 2.30 bits per heavy atom. The Morgan fingerprint density at radius 1 is 0.815 bits per heavy atom. The van der Waals surface area contributed by atoms with Gasteiger partial charge in [-0.3, -0.25) is 0 Å². The van der Waals surface area contributed by atoms with Gasteiger partial charge in [0.2, 0.25) is 0 Å². The van der Waals surface area contributed by atoms with Gasteiger partial charge in [-0.1, -0.05) is 100 Å². The van der Waals surface area contributed by atoms with Crippen LogP contribution in [0.1, 0.15) is 68.6 Å². The topological polar surface area (TPSA) is 29.1 Å². The van der Waals surface area contributed by atoms with Crippen LogP contribution in [-0.4, -0.2) is 13.2 Å². The van der Waals surface area contributed by atoms with E-state index >= 15 is 0 Å². The van der Waals surface area contributed by atoms with Crippen LogP contribution in [-0.2, 0) is 11.5 Å². The maximum atomic E-state index is 10.9. The van der Waals surface area contributed by atoms with Crippen LogP contribution in [0.5, 0.6) is 5.75 Å². The summed E-state index contributed by atoms with van der Waals surface area (Å²) >= 11 is 0. The molecular weight excluding hydrogens is 332 g/mol. The number of aryl methyl sites for hydroxylation is 1. The van der Waals surface area contributed by atoms with Crippen LogP contribution >= 0.6 is 0 Å². The molecule has 0 aliphatic rings. The number of hydrogen-bond acceptors (Lipinski definition) is 1. The van der Waals surface area contributed by atoms with E-state index < -0.39 is 0 Å². The molecule has 0 saturated heterocycles. The number of hydrogen-bond donors (Lipinski definition) is 0. The second-order valence-electron chi connectivity index (χ2n) is 7.00. The van der Waals surface area contributed by atoms with E-state index in [9.17, 15) is 5.11 Å². The van der Waals surface area contributed by atoms with Gasteiger partial charge in [0.15, 0.2) is 0 Å². The van der Waals surface area contributed by atoms with Gasteiger partial charge in [0.25, 0.3) is 0 Å². The lowest BCUT2D eigenvalue weighted by Crippen LogP contribution is -2.03. The molecule has 145 valence electrons.